The molecular formula is C19H16FIN4. The fourth-order valence-corrected chi connectivity index (χ4v) is 2.92. The van der Waals surface area contributed by atoms with Crippen molar-refractivity contribution in [3.63, 3.8) is 0 Å². The highest BCUT2D eigenvalue weighted by molar-refractivity contribution is 14.1. The van der Waals surface area contributed by atoms with Gasteiger partial charge in [0.15, 0.2) is 0 Å². The van der Waals surface area contributed by atoms with Crippen LogP contribution < -0.4 is 10.6 Å². The third-order valence-electron chi connectivity index (χ3n) is 3.90. The van der Waals surface area contributed by atoms with Gasteiger partial charge in [-0.3, -0.25) is 0 Å². The van der Waals surface area contributed by atoms with Gasteiger partial charge in [-0.15, -0.1) is 0 Å². The van der Waals surface area contributed by atoms with Crippen LogP contribution in [0, 0.1) is 9.39 Å². The molecule has 126 valence electrons. The first kappa shape index (κ1) is 16.3. The average Bonchev–Trinajstić information content (AvgIpc) is 3.42. The maximum Gasteiger partial charge on any atom is 0.225 e. The Kier molecular flexibility index (Phi) is 4.52. The summed E-state index contributed by atoms with van der Waals surface area (Å²) in [6, 6.07) is 17.2. The van der Waals surface area contributed by atoms with Crippen LogP contribution in [0.15, 0.2) is 54.6 Å². The topological polar surface area (TPSA) is 49.8 Å². The van der Waals surface area contributed by atoms with E-state index in [1.807, 2.05) is 42.5 Å². The smallest absolute Gasteiger partial charge is 0.225 e. The summed E-state index contributed by atoms with van der Waals surface area (Å²) in [7, 11) is 0. The predicted molar refractivity (Wildman–Crippen MR) is 107 cm³/mol. The largest absolute Gasteiger partial charge is 0.351 e. The van der Waals surface area contributed by atoms with E-state index in [0.717, 1.165) is 27.7 Å². The molecule has 0 spiro atoms. The molecule has 0 amide bonds. The Morgan fingerprint density at radius 1 is 1.00 bits per heavy atom. The second-order valence-corrected chi connectivity index (χ2v) is 7.24. The van der Waals surface area contributed by atoms with Crippen LogP contribution in [0.4, 0.5) is 21.8 Å². The lowest BCUT2D eigenvalue weighted by Crippen LogP contribution is -2.08. The van der Waals surface area contributed by atoms with Crippen molar-refractivity contribution in [1.29, 1.82) is 0 Å². The Balaban J connectivity index is 1.70. The number of hydrogen-bond donors (Lipinski definition) is 2. The van der Waals surface area contributed by atoms with Gasteiger partial charge >= 0.3 is 0 Å². The zero-order chi connectivity index (χ0) is 17.2. The van der Waals surface area contributed by atoms with E-state index < -0.39 is 0 Å². The Morgan fingerprint density at radius 2 is 1.80 bits per heavy atom. The van der Waals surface area contributed by atoms with Gasteiger partial charge < -0.3 is 10.6 Å². The molecule has 0 aliphatic heterocycles. The number of hydrogen-bond acceptors (Lipinski definition) is 4. The van der Waals surface area contributed by atoms with Crippen LogP contribution in [0.2, 0.25) is 0 Å². The lowest BCUT2D eigenvalue weighted by Gasteiger charge is -2.12. The van der Waals surface area contributed by atoms with Gasteiger partial charge in [-0.2, -0.15) is 4.98 Å². The van der Waals surface area contributed by atoms with Crippen molar-refractivity contribution in [1.82, 2.24) is 9.97 Å². The molecule has 0 saturated heterocycles. The van der Waals surface area contributed by atoms with Crippen LogP contribution in [0.3, 0.4) is 0 Å². The normalized spacial score (nSPS) is 13.5. The number of nitrogens with zero attached hydrogens (tertiary/aromatic N) is 2. The van der Waals surface area contributed by atoms with Crippen LogP contribution in [0.5, 0.6) is 0 Å². The zero-order valence-corrected chi connectivity index (χ0v) is 15.5. The Labute approximate surface area is 159 Å². The molecule has 0 atom stereocenters. The minimum absolute atomic E-state index is 0.302. The zero-order valence-electron chi connectivity index (χ0n) is 13.3. The maximum atomic E-state index is 14.2. The molecule has 0 unspecified atom stereocenters. The van der Waals surface area contributed by atoms with Crippen LogP contribution in [-0.2, 0) is 0 Å². The second kappa shape index (κ2) is 6.95. The fraction of sp³-hybridized carbons (Fsp3) is 0.158. The molecule has 2 aromatic carbocycles. The third kappa shape index (κ3) is 4.07. The molecule has 1 saturated carbocycles. The molecule has 4 rings (SSSR count). The fourth-order valence-electron chi connectivity index (χ4n) is 2.47. The predicted octanol–water partition coefficient (Wildman–Crippen LogP) is 5.21. The van der Waals surface area contributed by atoms with Crippen molar-refractivity contribution >= 4 is 40.0 Å². The van der Waals surface area contributed by atoms with Gasteiger partial charge in [0.25, 0.3) is 0 Å². The summed E-state index contributed by atoms with van der Waals surface area (Å²) in [5.74, 6) is 0.831. The number of aromatic nitrogens is 2. The lowest BCUT2D eigenvalue weighted by atomic mass is 10.1. The van der Waals surface area contributed by atoms with Gasteiger partial charge in [-0.05, 0) is 53.6 Å². The summed E-state index contributed by atoms with van der Waals surface area (Å²) in [4.78, 5) is 9.10. The van der Waals surface area contributed by atoms with E-state index in [1.165, 1.54) is 6.07 Å². The highest BCUT2D eigenvalue weighted by Crippen LogP contribution is 2.28. The van der Waals surface area contributed by atoms with Crippen LogP contribution in [0.1, 0.15) is 12.8 Å². The molecular weight excluding hydrogens is 430 g/mol. The Bertz CT molecular complexity index is 897. The minimum atomic E-state index is -0.302. The molecule has 0 bridgehead atoms. The monoisotopic (exact) mass is 446 g/mol. The Morgan fingerprint density at radius 3 is 2.52 bits per heavy atom. The number of benzene rings is 2. The second-order valence-electron chi connectivity index (χ2n) is 6.00. The maximum absolute atomic E-state index is 14.2. The number of anilines is 3. The van der Waals surface area contributed by atoms with Gasteiger partial charge in [-0.1, -0.05) is 30.3 Å². The first-order valence-corrected chi connectivity index (χ1v) is 9.18. The first-order valence-electron chi connectivity index (χ1n) is 8.10. The van der Waals surface area contributed by atoms with Crippen molar-refractivity contribution in [3.8, 4) is 11.3 Å². The van der Waals surface area contributed by atoms with Crippen molar-refractivity contribution in [2.75, 3.05) is 10.6 Å². The lowest BCUT2D eigenvalue weighted by molar-refractivity contribution is 0.631. The minimum Gasteiger partial charge on any atom is -0.351 e. The highest BCUT2D eigenvalue weighted by atomic mass is 127. The number of nitrogens with one attached hydrogen (secondary N) is 2. The van der Waals surface area contributed by atoms with Crippen LogP contribution >= 0.6 is 22.6 Å². The summed E-state index contributed by atoms with van der Waals surface area (Å²) in [5.41, 5.74) is 2.19. The molecule has 3 aromatic rings. The molecule has 1 aliphatic rings. The average molecular weight is 446 g/mol. The molecule has 25 heavy (non-hydrogen) atoms. The van der Waals surface area contributed by atoms with Gasteiger partial charge in [0, 0.05) is 21.2 Å². The van der Waals surface area contributed by atoms with Gasteiger partial charge in [0.1, 0.15) is 11.6 Å². The third-order valence-corrected chi connectivity index (χ3v) is 4.57. The molecule has 1 aliphatic carbocycles. The SMILES string of the molecule is Fc1cc(I)ccc1Nc1cc(-c2ccccc2)nc(NC2CC2)n1. The number of halogens is 2. The van der Waals surface area contributed by atoms with Gasteiger partial charge in [0.05, 0.1) is 11.4 Å². The quantitative estimate of drug-likeness (QED) is 0.529. The van der Waals surface area contributed by atoms with Crippen LogP contribution in [0.25, 0.3) is 11.3 Å². The Hall–Kier alpha value is -2.22. The van der Waals surface area contributed by atoms with E-state index in [2.05, 4.69) is 43.2 Å². The molecule has 1 fully saturated rings. The molecule has 6 heteroatoms. The molecule has 1 aromatic heterocycles. The summed E-state index contributed by atoms with van der Waals surface area (Å²) < 4.78 is 15.0. The molecule has 2 N–H and O–H groups in total. The van der Waals surface area contributed by atoms with Crippen molar-refractivity contribution < 1.29 is 4.39 Å². The molecule has 0 radical (unpaired) electrons. The standard InChI is InChI=1S/C19H16FIN4/c20-15-10-13(21)6-9-16(15)23-18-11-17(12-4-2-1-3-5-12)24-19(25-18)22-14-7-8-14/h1-6,9-11,14H,7-8H2,(H2,22,23,24,25). The van der Waals surface area contributed by atoms with Crippen molar-refractivity contribution in [2.24, 2.45) is 0 Å². The summed E-state index contributed by atoms with van der Waals surface area (Å²) in [5, 5.41) is 6.39. The summed E-state index contributed by atoms with van der Waals surface area (Å²) >= 11 is 2.09. The van der Waals surface area contributed by atoms with Crippen molar-refractivity contribution in [3.05, 3.63) is 64.0 Å². The van der Waals surface area contributed by atoms with E-state index in [-0.39, 0.29) is 5.82 Å². The van der Waals surface area contributed by atoms with Crippen molar-refractivity contribution in [2.45, 2.75) is 18.9 Å². The first-order chi connectivity index (χ1) is 12.2. The summed E-state index contributed by atoms with van der Waals surface area (Å²) in [6.45, 7) is 0. The van der Waals surface area contributed by atoms with E-state index in [4.69, 9.17) is 0 Å². The summed E-state index contributed by atoms with van der Waals surface area (Å²) in [6.07, 6.45) is 2.26. The molecule has 1 heterocycles. The molecule has 4 nitrogen and oxygen atoms in total. The van der Waals surface area contributed by atoms with Crippen LogP contribution in [-0.4, -0.2) is 16.0 Å². The highest BCUT2D eigenvalue weighted by Gasteiger charge is 2.22. The van der Waals surface area contributed by atoms with Gasteiger partial charge in [-0.25, -0.2) is 9.37 Å². The van der Waals surface area contributed by atoms with E-state index in [1.54, 1.807) is 6.07 Å². The van der Waals surface area contributed by atoms with E-state index >= 15 is 0 Å². The van der Waals surface area contributed by atoms with E-state index in [0.29, 0.717) is 23.5 Å². The van der Waals surface area contributed by atoms with E-state index in [9.17, 15) is 4.39 Å². The number of rotatable bonds is 5. The van der Waals surface area contributed by atoms with Gasteiger partial charge in [0.2, 0.25) is 5.95 Å².